The smallest absolute Gasteiger partial charge is 0.0357 e. The van der Waals surface area contributed by atoms with Crippen molar-refractivity contribution in [2.75, 3.05) is 5.32 Å². The van der Waals surface area contributed by atoms with E-state index in [2.05, 4.69) is 88.5 Å². The van der Waals surface area contributed by atoms with Gasteiger partial charge in [0, 0.05) is 21.4 Å². The van der Waals surface area contributed by atoms with Crippen LogP contribution in [-0.4, -0.2) is 10.8 Å². The Labute approximate surface area is 139 Å². The van der Waals surface area contributed by atoms with Crippen LogP contribution in [0.3, 0.4) is 0 Å². The first-order valence-electron chi connectivity index (χ1n) is 7.94. The van der Waals surface area contributed by atoms with Crippen LogP contribution in [-0.2, 0) is 6.42 Å². The maximum Gasteiger partial charge on any atom is 0.0357 e. The van der Waals surface area contributed by atoms with Gasteiger partial charge in [-0.15, -0.1) is 11.8 Å². The molecule has 0 heterocycles. The summed E-state index contributed by atoms with van der Waals surface area (Å²) in [6.45, 7) is 11.1. The molecule has 0 radical (unpaired) electrons. The first kappa shape index (κ1) is 17.0. The molecule has 2 aromatic rings. The van der Waals surface area contributed by atoms with Crippen LogP contribution >= 0.6 is 11.8 Å². The molecule has 0 aromatic heterocycles. The summed E-state index contributed by atoms with van der Waals surface area (Å²) in [7, 11) is 0. The summed E-state index contributed by atoms with van der Waals surface area (Å²) in [5, 5.41) is 4.27. The number of hydrogen-bond donors (Lipinski definition) is 1. The van der Waals surface area contributed by atoms with Crippen molar-refractivity contribution in [2.45, 2.75) is 56.7 Å². The molecule has 0 unspecified atom stereocenters. The predicted octanol–water partition coefficient (Wildman–Crippen LogP) is 5.93. The zero-order valence-corrected chi connectivity index (χ0v) is 15.1. The number of benzene rings is 2. The SMILES string of the molecule is Cc1ccc(NC(C)(C)Cc2ccc(SC(C)C)cc2)cc1. The summed E-state index contributed by atoms with van der Waals surface area (Å²) < 4.78 is 0. The van der Waals surface area contributed by atoms with E-state index in [1.165, 1.54) is 21.7 Å². The fourth-order valence-corrected chi connectivity index (χ4v) is 3.38. The number of nitrogens with one attached hydrogen (secondary N) is 1. The third-order valence-electron chi connectivity index (χ3n) is 3.48. The van der Waals surface area contributed by atoms with Gasteiger partial charge in [0.05, 0.1) is 0 Å². The molecule has 0 saturated carbocycles. The molecule has 0 aliphatic carbocycles. The number of anilines is 1. The van der Waals surface area contributed by atoms with Gasteiger partial charge in [-0.1, -0.05) is 43.7 Å². The molecule has 0 aliphatic heterocycles. The lowest BCUT2D eigenvalue weighted by molar-refractivity contribution is 0.564. The van der Waals surface area contributed by atoms with E-state index in [9.17, 15) is 0 Å². The number of rotatable bonds is 6. The Hall–Kier alpha value is -1.41. The molecule has 0 aliphatic rings. The van der Waals surface area contributed by atoms with E-state index in [1.54, 1.807) is 0 Å². The molecule has 1 nitrogen and oxygen atoms in total. The molecule has 0 saturated heterocycles. The van der Waals surface area contributed by atoms with Crippen LogP contribution in [0.15, 0.2) is 53.4 Å². The Morgan fingerprint density at radius 1 is 0.955 bits per heavy atom. The minimum Gasteiger partial charge on any atom is -0.380 e. The Morgan fingerprint density at radius 2 is 1.55 bits per heavy atom. The molecule has 2 rings (SSSR count). The monoisotopic (exact) mass is 313 g/mol. The average Bonchev–Trinajstić information content (AvgIpc) is 2.42. The average molecular weight is 314 g/mol. The zero-order chi connectivity index (χ0) is 16.2. The molecule has 2 aromatic carbocycles. The third-order valence-corrected chi connectivity index (χ3v) is 4.49. The second-order valence-electron chi connectivity index (χ2n) is 6.86. The minimum absolute atomic E-state index is 0.0297. The van der Waals surface area contributed by atoms with Crippen LogP contribution in [0.1, 0.15) is 38.8 Å². The van der Waals surface area contributed by atoms with E-state index in [1.807, 2.05) is 11.8 Å². The molecule has 118 valence electrons. The number of hydrogen-bond acceptors (Lipinski definition) is 2. The summed E-state index contributed by atoms with van der Waals surface area (Å²) in [6, 6.07) is 17.6. The highest BCUT2D eigenvalue weighted by molar-refractivity contribution is 7.99. The van der Waals surface area contributed by atoms with E-state index in [4.69, 9.17) is 0 Å². The van der Waals surface area contributed by atoms with Crippen LogP contribution in [0.25, 0.3) is 0 Å². The maximum atomic E-state index is 3.64. The van der Waals surface area contributed by atoms with Crippen molar-refractivity contribution in [3.05, 3.63) is 59.7 Å². The van der Waals surface area contributed by atoms with Gasteiger partial charge in [0.2, 0.25) is 0 Å². The fourth-order valence-electron chi connectivity index (χ4n) is 2.54. The Morgan fingerprint density at radius 3 is 2.09 bits per heavy atom. The van der Waals surface area contributed by atoms with Gasteiger partial charge in [0.25, 0.3) is 0 Å². The van der Waals surface area contributed by atoms with Crippen molar-refractivity contribution in [3.63, 3.8) is 0 Å². The summed E-state index contributed by atoms with van der Waals surface area (Å²) in [5.74, 6) is 0. The number of aryl methyl sites for hydroxylation is 1. The maximum absolute atomic E-state index is 3.64. The van der Waals surface area contributed by atoms with Crippen molar-refractivity contribution >= 4 is 17.4 Å². The van der Waals surface area contributed by atoms with E-state index in [0.29, 0.717) is 5.25 Å². The van der Waals surface area contributed by atoms with Crippen LogP contribution < -0.4 is 5.32 Å². The number of thioether (sulfide) groups is 1. The molecule has 22 heavy (non-hydrogen) atoms. The molecule has 0 bridgehead atoms. The normalized spacial score (nSPS) is 11.7. The molecular formula is C20H27NS. The van der Waals surface area contributed by atoms with Gasteiger partial charge < -0.3 is 5.32 Å². The first-order chi connectivity index (χ1) is 10.3. The van der Waals surface area contributed by atoms with E-state index < -0.39 is 0 Å². The van der Waals surface area contributed by atoms with Crippen molar-refractivity contribution in [1.29, 1.82) is 0 Å². The second kappa shape index (κ2) is 7.23. The van der Waals surface area contributed by atoms with Crippen LogP contribution in [0, 0.1) is 6.92 Å². The van der Waals surface area contributed by atoms with Gasteiger partial charge in [-0.25, -0.2) is 0 Å². The molecule has 0 amide bonds. The van der Waals surface area contributed by atoms with Crippen molar-refractivity contribution in [3.8, 4) is 0 Å². The van der Waals surface area contributed by atoms with Gasteiger partial charge in [-0.3, -0.25) is 0 Å². The first-order valence-corrected chi connectivity index (χ1v) is 8.82. The standard InChI is InChI=1S/C20H27NS/c1-15(2)22-19-12-8-17(9-13-19)14-20(4,5)21-18-10-6-16(3)7-11-18/h6-13,15,21H,14H2,1-5H3. The largest absolute Gasteiger partial charge is 0.380 e. The van der Waals surface area contributed by atoms with E-state index >= 15 is 0 Å². The lowest BCUT2D eigenvalue weighted by Gasteiger charge is -2.28. The summed E-state index contributed by atoms with van der Waals surface area (Å²) >= 11 is 1.91. The highest BCUT2D eigenvalue weighted by Gasteiger charge is 2.18. The Kier molecular flexibility index (Phi) is 5.57. The van der Waals surface area contributed by atoms with Crippen LogP contribution in [0.2, 0.25) is 0 Å². The summed E-state index contributed by atoms with van der Waals surface area (Å²) in [4.78, 5) is 1.35. The fraction of sp³-hybridized carbons (Fsp3) is 0.400. The highest BCUT2D eigenvalue weighted by Crippen LogP contribution is 2.25. The highest BCUT2D eigenvalue weighted by atomic mass is 32.2. The van der Waals surface area contributed by atoms with Gasteiger partial charge >= 0.3 is 0 Å². The van der Waals surface area contributed by atoms with Gasteiger partial charge in [-0.05, 0) is 57.0 Å². The van der Waals surface area contributed by atoms with Gasteiger partial charge in [0.15, 0.2) is 0 Å². The molecule has 0 atom stereocenters. The molecular weight excluding hydrogens is 286 g/mol. The van der Waals surface area contributed by atoms with Gasteiger partial charge in [-0.2, -0.15) is 0 Å². The van der Waals surface area contributed by atoms with Crippen molar-refractivity contribution < 1.29 is 0 Å². The van der Waals surface area contributed by atoms with Crippen molar-refractivity contribution in [1.82, 2.24) is 0 Å². The van der Waals surface area contributed by atoms with Crippen LogP contribution in [0.4, 0.5) is 5.69 Å². The zero-order valence-electron chi connectivity index (χ0n) is 14.3. The summed E-state index contributed by atoms with van der Waals surface area (Å²) in [6.07, 6.45) is 1.01. The lowest BCUT2D eigenvalue weighted by atomic mass is 9.94. The molecule has 0 spiro atoms. The molecule has 1 N–H and O–H groups in total. The Balaban J connectivity index is 2.00. The lowest BCUT2D eigenvalue weighted by Crippen LogP contribution is -2.33. The van der Waals surface area contributed by atoms with Crippen molar-refractivity contribution in [2.24, 2.45) is 0 Å². The quantitative estimate of drug-likeness (QED) is 0.663. The topological polar surface area (TPSA) is 12.0 Å². The molecule has 2 heteroatoms. The molecule has 0 fully saturated rings. The minimum atomic E-state index is 0.0297. The Bertz CT molecular complexity index is 582. The van der Waals surface area contributed by atoms with E-state index in [0.717, 1.165) is 6.42 Å². The van der Waals surface area contributed by atoms with E-state index in [-0.39, 0.29) is 5.54 Å². The third kappa shape index (κ3) is 5.42. The predicted molar refractivity (Wildman–Crippen MR) is 100 cm³/mol. The van der Waals surface area contributed by atoms with Crippen LogP contribution in [0.5, 0.6) is 0 Å². The van der Waals surface area contributed by atoms with Gasteiger partial charge in [0.1, 0.15) is 0 Å². The second-order valence-corrected chi connectivity index (χ2v) is 8.51. The summed E-state index contributed by atoms with van der Waals surface area (Å²) in [5.41, 5.74) is 3.88.